The summed E-state index contributed by atoms with van der Waals surface area (Å²) in [6.45, 7) is 8.95. The maximum atomic E-state index is 11.2. The third-order valence-electron chi connectivity index (χ3n) is 3.68. The Morgan fingerprint density at radius 2 is 2.00 bits per heavy atom. The molecule has 106 valence electrons. The minimum atomic E-state index is -0.737. The van der Waals surface area contributed by atoms with E-state index in [4.69, 9.17) is 0 Å². The van der Waals surface area contributed by atoms with Gasteiger partial charge in [-0.3, -0.25) is 4.79 Å². The van der Waals surface area contributed by atoms with Crippen molar-refractivity contribution >= 4 is 5.97 Å². The van der Waals surface area contributed by atoms with Gasteiger partial charge >= 0.3 is 5.97 Å². The summed E-state index contributed by atoms with van der Waals surface area (Å²) in [6, 6.07) is -0.226. The molecule has 1 aliphatic heterocycles. The normalized spacial score (nSPS) is 20.2. The van der Waals surface area contributed by atoms with Crippen molar-refractivity contribution in [3.63, 3.8) is 0 Å². The zero-order valence-corrected chi connectivity index (χ0v) is 12.0. The third-order valence-corrected chi connectivity index (χ3v) is 3.68. The summed E-state index contributed by atoms with van der Waals surface area (Å²) in [5.41, 5.74) is 0. The third kappa shape index (κ3) is 5.36. The van der Waals surface area contributed by atoms with Gasteiger partial charge in [-0.25, -0.2) is 0 Å². The van der Waals surface area contributed by atoms with Crippen molar-refractivity contribution in [1.82, 2.24) is 10.2 Å². The van der Waals surface area contributed by atoms with Crippen molar-refractivity contribution in [3.05, 3.63) is 0 Å². The number of rotatable bonds is 7. The SMILES string of the molecule is CCCC1CCN(CC(NC(C)C)C(=O)O)CC1. The fourth-order valence-corrected chi connectivity index (χ4v) is 2.73. The summed E-state index contributed by atoms with van der Waals surface area (Å²) in [5, 5.41) is 12.3. The van der Waals surface area contributed by atoms with E-state index in [0.717, 1.165) is 19.0 Å². The molecule has 0 saturated carbocycles. The zero-order valence-electron chi connectivity index (χ0n) is 12.0. The van der Waals surface area contributed by atoms with E-state index in [-0.39, 0.29) is 6.04 Å². The summed E-state index contributed by atoms with van der Waals surface area (Å²) in [6.07, 6.45) is 5.03. The van der Waals surface area contributed by atoms with Gasteiger partial charge in [-0.1, -0.05) is 33.6 Å². The number of nitrogens with zero attached hydrogens (tertiary/aromatic N) is 1. The van der Waals surface area contributed by atoms with Crippen LogP contribution in [0.5, 0.6) is 0 Å². The topological polar surface area (TPSA) is 52.6 Å². The number of aliphatic carboxylic acids is 1. The summed E-state index contributed by atoms with van der Waals surface area (Å²) in [4.78, 5) is 13.5. The summed E-state index contributed by atoms with van der Waals surface area (Å²) < 4.78 is 0. The van der Waals surface area contributed by atoms with Crippen LogP contribution in [0.4, 0.5) is 0 Å². The Morgan fingerprint density at radius 3 is 2.44 bits per heavy atom. The number of piperidine rings is 1. The molecule has 18 heavy (non-hydrogen) atoms. The Kier molecular flexibility index (Phi) is 6.65. The van der Waals surface area contributed by atoms with E-state index in [0.29, 0.717) is 6.54 Å². The number of hydrogen-bond donors (Lipinski definition) is 2. The van der Waals surface area contributed by atoms with E-state index in [1.54, 1.807) is 0 Å². The van der Waals surface area contributed by atoms with Crippen molar-refractivity contribution in [2.45, 2.75) is 58.5 Å². The van der Waals surface area contributed by atoms with Crippen LogP contribution >= 0.6 is 0 Å². The number of carboxylic acid groups (broad SMARTS) is 1. The first-order valence-corrected chi connectivity index (χ1v) is 7.24. The number of carbonyl (C=O) groups is 1. The molecule has 0 radical (unpaired) electrons. The second kappa shape index (κ2) is 7.74. The molecule has 4 nitrogen and oxygen atoms in total. The van der Waals surface area contributed by atoms with Gasteiger partial charge in [-0.2, -0.15) is 0 Å². The molecular weight excluding hydrogens is 228 g/mol. The quantitative estimate of drug-likeness (QED) is 0.731. The van der Waals surface area contributed by atoms with Crippen molar-refractivity contribution in [2.24, 2.45) is 5.92 Å². The predicted molar refractivity (Wildman–Crippen MR) is 73.8 cm³/mol. The van der Waals surface area contributed by atoms with Gasteiger partial charge in [0.05, 0.1) is 0 Å². The highest BCUT2D eigenvalue weighted by Gasteiger charge is 2.24. The van der Waals surface area contributed by atoms with Gasteiger partial charge in [0.15, 0.2) is 0 Å². The van der Waals surface area contributed by atoms with Crippen LogP contribution in [0, 0.1) is 5.92 Å². The average Bonchev–Trinajstić information content (AvgIpc) is 2.30. The number of nitrogens with one attached hydrogen (secondary N) is 1. The molecule has 1 rings (SSSR count). The molecule has 0 aromatic carbocycles. The van der Waals surface area contributed by atoms with Gasteiger partial charge in [0.25, 0.3) is 0 Å². The van der Waals surface area contributed by atoms with Crippen LogP contribution in [0.15, 0.2) is 0 Å². The molecule has 0 amide bonds. The Bertz CT molecular complexity index is 248. The van der Waals surface area contributed by atoms with E-state index >= 15 is 0 Å². The minimum absolute atomic E-state index is 0.212. The first kappa shape index (κ1) is 15.4. The Labute approximate surface area is 111 Å². The van der Waals surface area contributed by atoms with E-state index in [2.05, 4.69) is 17.1 Å². The van der Waals surface area contributed by atoms with Crippen LogP contribution in [0.1, 0.15) is 46.5 Å². The smallest absolute Gasteiger partial charge is 0.322 e. The molecule has 1 aliphatic rings. The van der Waals surface area contributed by atoms with Gasteiger partial charge in [0.2, 0.25) is 0 Å². The standard InChI is InChI=1S/C14H28N2O2/c1-4-5-12-6-8-16(9-7-12)10-13(14(17)18)15-11(2)3/h11-13,15H,4-10H2,1-3H3,(H,17,18). The molecule has 1 heterocycles. The summed E-state index contributed by atoms with van der Waals surface area (Å²) in [5.74, 6) is 0.118. The van der Waals surface area contributed by atoms with Gasteiger partial charge in [-0.15, -0.1) is 0 Å². The van der Waals surface area contributed by atoms with Crippen LogP contribution in [0.3, 0.4) is 0 Å². The lowest BCUT2D eigenvalue weighted by Gasteiger charge is -2.33. The fraction of sp³-hybridized carbons (Fsp3) is 0.929. The van der Waals surface area contributed by atoms with Gasteiger partial charge in [0.1, 0.15) is 6.04 Å². The number of likely N-dealkylation sites (tertiary alicyclic amines) is 1. The number of hydrogen-bond acceptors (Lipinski definition) is 3. The molecule has 1 fully saturated rings. The lowest BCUT2D eigenvalue weighted by Crippen LogP contribution is -2.50. The first-order valence-electron chi connectivity index (χ1n) is 7.24. The molecule has 1 saturated heterocycles. The fourth-order valence-electron chi connectivity index (χ4n) is 2.73. The van der Waals surface area contributed by atoms with Crippen LogP contribution in [0.25, 0.3) is 0 Å². The monoisotopic (exact) mass is 256 g/mol. The summed E-state index contributed by atoms with van der Waals surface area (Å²) >= 11 is 0. The first-order chi connectivity index (χ1) is 8.52. The molecule has 0 spiro atoms. The van der Waals surface area contributed by atoms with E-state index in [1.807, 2.05) is 13.8 Å². The second-order valence-electron chi connectivity index (χ2n) is 5.74. The lowest BCUT2D eigenvalue weighted by molar-refractivity contribution is -0.140. The van der Waals surface area contributed by atoms with Crippen molar-refractivity contribution in [1.29, 1.82) is 0 Å². The zero-order chi connectivity index (χ0) is 13.5. The Morgan fingerprint density at radius 1 is 1.39 bits per heavy atom. The molecule has 0 bridgehead atoms. The largest absolute Gasteiger partial charge is 0.480 e. The maximum absolute atomic E-state index is 11.2. The minimum Gasteiger partial charge on any atom is -0.480 e. The molecule has 1 atom stereocenters. The highest BCUT2D eigenvalue weighted by atomic mass is 16.4. The van der Waals surface area contributed by atoms with Gasteiger partial charge in [-0.05, 0) is 31.8 Å². The van der Waals surface area contributed by atoms with Crippen LogP contribution in [-0.2, 0) is 4.79 Å². The highest BCUT2D eigenvalue weighted by molar-refractivity contribution is 5.73. The Hall–Kier alpha value is -0.610. The van der Waals surface area contributed by atoms with E-state index in [9.17, 15) is 9.90 Å². The van der Waals surface area contributed by atoms with Crippen molar-refractivity contribution < 1.29 is 9.90 Å². The Balaban J connectivity index is 2.35. The molecule has 1 unspecified atom stereocenters. The molecule has 0 aromatic rings. The molecule has 0 aliphatic carbocycles. The van der Waals surface area contributed by atoms with Gasteiger partial charge < -0.3 is 15.3 Å². The van der Waals surface area contributed by atoms with E-state index < -0.39 is 12.0 Å². The molecule has 0 aromatic heterocycles. The van der Waals surface area contributed by atoms with Crippen LogP contribution in [0.2, 0.25) is 0 Å². The number of carboxylic acids is 1. The van der Waals surface area contributed by atoms with Crippen LogP contribution < -0.4 is 5.32 Å². The summed E-state index contributed by atoms with van der Waals surface area (Å²) in [7, 11) is 0. The highest BCUT2D eigenvalue weighted by Crippen LogP contribution is 2.21. The maximum Gasteiger partial charge on any atom is 0.322 e. The molecular formula is C14H28N2O2. The van der Waals surface area contributed by atoms with E-state index in [1.165, 1.54) is 25.7 Å². The van der Waals surface area contributed by atoms with Crippen molar-refractivity contribution in [3.8, 4) is 0 Å². The lowest BCUT2D eigenvalue weighted by atomic mass is 9.92. The average molecular weight is 256 g/mol. The molecule has 2 N–H and O–H groups in total. The second-order valence-corrected chi connectivity index (χ2v) is 5.74. The van der Waals surface area contributed by atoms with Crippen LogP contribution in [-0.4, -0.2) is 47.7 Å². The van der Waals surface area contributed by atoms with Gasteiger partial charge in [0, 0.05) is 12.6 Å². The van der Waals surface area contributed by atoms with Crippen molar-refractivity contribution in [2.75, 3.05) is 19.6 Å². The predicted octanol–water partition coefficient (Wildman–Crippen LogP) is 1.95. The molecule has 4 heteroatoms.